The number of aliphatic hydroxyl groups is 1. The van der Waals surface area contributed by atoms with Crippen LogP contribution in [-0.2, 0) is 5.72 Å². The minimum atomic E-state index is -1.01. The van der Waals surface area contributed by atoms with Crippen molar-refractivity contribution in [2.75, 3.05) is 0 Å². The van der Waals surface area contributed by atoms with Crippen LogP contribution < -0.4 is 0 Å². The highest BCUT2D eigenvalue weighted by Gasteiger charge is 2.34. The number of nitrogens with zero attached hydrogens (tertiary/aromatic N) is 3. The quantitative estimate of drug-likeness (QED) is 0.566. The largest absolute Gasteiger partial charge is 0.369 e. The minimum Gasteiger partial charge on any atom is -0.369 e. The monoisotopic (exact) mass is 197 g/mol. The summed E-state index contributed by atoms with van der Waals surface area (Å²) in [6, 6.07) is 0. The maximum atomic E-state index is 10.4. The molecule has 1 aromatic rings. The van der Waals surface area contributed by atoms with Crippen LogP contribution in [0.25, 0.3) is 0 Å². The topological polar surface area (TPSA) is 81.2 Å². The van der Waals surface area contributed by atoms with Gasteiger partial charge in [-0.05, 0) is 25.7 Å². The van der Waals surface area contributed by atoms with E-state index in [1.165, 1.54) is 10.9 Å². The summed E-state index contributed by atoms with van der Waals surface area (Å²) in [7, 11) is 0. The van der Waals surface area contributed by atoms with Gasteiger partial charge in [0.2, 0.25) is 0 Å². The fourth-order valence-corrected chi connectivity index (χ4v) is 1.81. The summed E-state index contributed by atoms with van der Waals surface area (Å²) in [5.41, 5.74) is -1.08. The third kappa shape index (κ3) is 1.37. The lowest BCUT2D eigenvalue weighted by Gasteiger charge is -2.21. The standard InChI is InChI=1S/C8H11N3O3/c12-8(3-1-2-4-8)10-6-7(5-9-10)11(13)14/h5-6,12H,1-4H2. The van der Waals surface area contributed by atoms with Gasteiger partial charge in [-0.2, -0.15) is 5.10 Å². The molecule has 0 radical (unpaired) electrons. The number of hydrogen-bond acceptors (Lipinski definition) is 4. The van der Waals surface area contributed by atoms with Crippen molar-refractivity contribution < 1.29 is 10.0 Å². The minimum absolute atomic E-state index is 0.0784. The van der Waals surface area contributed by atoms with Gasteiger partial charge < -0.3 is 5.11 Å². The highest BCUT2D eigenvalue weighted by atomic mass is 16.6. The Hall–Kier alpha value is -1.43. The SMILES string of the molecule is O=[N+]([O-])c1cnn(C2(O)CCCC2)c1. The Morgan fingerprint density at radius 2 is 2.21 bits per heavy atom. The van der Waals surface area contributed by atoms with Gasteiger partial charge in [0.15, 0.2) is 5.72 Å². The summed E-state index contributed by atoms with van der Waals surface area (Å²) >= 11 is 0. The van der Waals surface area contributed by atoms with Crippen LogP contribution >= 0.6 is 0 Å². The molecule has 1 fully saturated rings. The molecule has 76 valence electrons. The second-order valence-corrected chi connectivity index (χ2v) is 3.59. The van der Waals surface area contributed by atoms with Gasteiger partial charge in [0, 0.05) is 0 Å². The van der Waals surface area contributed by atoms with E-state index in [1.807, 2.05) is 0 Å². The Morgan fingerprint density at radius 3 is 2.71 bits per heavy atom. The molecule has 1 N–H and O–H groups in total. The van der Waals surface area contributed by atoms with Crippen LogP contribution in [0.15, 0.2) is 12.4 Å². The van der Waals surface area contributed by atoms with Gasteiger partial charge in [0.1, 0.15) is 12.4 Å². The van der Waals surface area contributed by atoms with Crippen molar-refractivity contribution in [2.24, 2.45) is 0 Å². The van der Waals surface area contributed by atoms with E-state index in [-0.39, 0.29) is 5.69 Å². The molecule has 1 aliphatic rings. The number of aromatic nitrogens is 2. The molecule has 0 saturated heterocycles. The lowest BCUT2D eigenvalue weighted by atomic mass is 10.2. The van der Waals surface area contributed by atoms with E-state index < -0.39 is 10.6 Å². The Labute approximate surface area is 80.3 Å². The molecule has 2 rings (SSSR count). The van der Waals surface area contributed by atoms with Crippen molar-refractivity contribution in [1.29, 1.82) is 0 Å². The molecule has 0 aromatic carbocycles. The molecule has 14 heavy (non-hydrogen) atoms. The van der Waals surface area contributed by atoms with E-state index in [0.29, 0.717) is 12.8 Å². The zero-order chi connectivity index (χ0) is 10.2. The molecule has 1 saturated carbocycles. The molecule has 1 aliphatic carbocycles. The molecular formula is C8H11N3O3. The molecule has 0 aliphatic heterocycles. The zero-order valence-electron chi connectivity index (χ0n) is 7.59. The van der Waals surface area contributed by atoms with Gasteiger partial charge >= 0.3 is 5.69 Å². The van der Waals surface area contributed by atoms with Crippen LogP contribution in [0.3, 0.4) is 0 Å². The Balaban J connectivity index is 2.28. The molecule has 1 heterocycles. The summed E-state index contributed by atoms with van der Waals surface area (Å²) < 4.78 is 1.30. The predicted octanol–water partition coefficient (Wildman–Crippen LogP) is 1.01. The molecule has 0 unspecified atom stereocenters. The second kappa shape index (κ2) is 3.06. The van der Waals surface area contributed by atoms with Crippen LogP contribution in [0.4, 0.5) is 5.69 Å². The van der Waals surface area contributed by atoms with Crippen molar-refractivity contribution in [2.45, 2.75) is 31.4 Å². The van der Waals surface area contributed by atoms with Crippen molar-refractivity contribution in [3.63, 3.8) is 0 Å². The van der Waals surface area contributed by atoms with Gasteiger partial charge in [0.05, 0.1) is 4.92 Å². The zero-order valence-corrected chi connectivity index (χ0v) is 7.59. The fraction of sp³-hybridized carbons (Fsp3) is 0.625. The van der Waals surface area contributed by atoms with Crippen LogP contribution in [0, 0.1) is 10.1 Å². The van der Waals surface area contributed by atoms with E-state index in [2.05, 4.69) is 5.10 Å². The third-order valence-corrected chi connectivity index (χ3v) is 2.61. The number of hydrogen-bond donors (Lipinski definition) is 1. The van der Waals surface area contributed by atoms with Gasteiger partial charge in [-0.25, -0.2) is 4.68 Å². The van der Waals surface area contributed by atoms with Crippen molar-refractivity contribution in [3.8, 4) is 0 Å². The number of rotatable bonds is 2. The molecule has 6 heteroatoms. The first-order valence-electron chi connectivity index (χ1n) is 4.54. The first kappa shape index (κ1) is 9.14. The van der Waals surface area contributed by atoms with Crippen LogP contribution in [0.2, 0.25) is 0 Å². The predicted molar refractivity (Wildman–Crippen MR) is 47.5 cm³/mol. The molecule has 0 amide bonds. The lowest BCUT2D eigenvalue weighted by molar-refractivity contribution is -0.385. The van der Waals surface area contributed by atoms with E-state index in [4.69, 9.17) is 0 Å². The summed E-state index contributed by atoms with van der Waals surface area (Å²) in [6.45, 7) is 0. The molecule has 0 spiro atoms. The smallest absolute Gasteiger partial charge is 0.307 e. The van der Waals surface area contributed by atoms with Crippen molar-refractivity contribution >= 4 is 5.69 Å². The van der Waals surface area contributed by atoms with Gasteiger partial charge in [-0.1, -0.05) is 0 Å². The van der Waals surface area contributed by atoms with E-state index >= 15 is 0 Å². The van der Waals surface area contributed by atoms with Gasteiger partial charge in [-0.15, -0.1) is 0 Å². The highest BCUT2D eigenvalue weighted by molar-refractivity contribution is 5.21. The summed E-state index contributed by atoms with van der Waals surface area (Å²) in [6.07, 6.45) is 5.55. The normalized spacial score (nSPS) is 19.8. The van der Waals surface area contributed by atoms with Crippen molar-refractivity contribution in [3.05, 3.63) is 22.5 Å². The maximum absolute atomic E-state index is 10.4. The van der Waals surface area contributed by atoms with Gasteiger partial charge in [0.25, 0.3) is 0 Å². The first-order valence-corrected chi connectivity index (χ1v) is 4.54. The third-order valence-electron chi connectivity index (χ3n) is 2.61. The van der Waals surface area contributed by atoms with Crippen LogP contribution in [0.1, 0.15) is 25.7 Å². The second-order valence-electron chi connectivity index (χ2n) is 3.59. The van der Waals surface area contributed by atoms with Crippen LogP contribution in [0.5, 0.6) is 0 Å². The van der Waals surface area contributed by atoms with Crippen molar-refractivity contribution in [1.82, 2.24) is 9.78 Å². The molecule has 6 nitrogen and oxygen atoms in total. The lowest BCUT2D eigenvalue weighted by Crippen LogP contribution is -2.30. The molecule has 0 atom stereocenters. The van der Waals surface area contributed by atoms with E-state index in [0.717, 1.165) is 19.0 Å². The average Bonchev–Trinajstić information content (AvgIpc) is 2.71. The maximum Gasteiger partial charge on any atom is 0.307 e. The van der Waals surface area contributed by atoms with E-state index in [9.17, 15) is 15.2 Å². The Morgan fingerprint density at radius 1 is 1.57 bits per heavy atom. The summed E-state index contributed by atoms with van der Waals surface area (Å²) in [5.74, 6) is 0. The Bertz CT molecular complexity index is 354. The highest BCUT2D eigenvalue weighted by Crippen LogP contribution is 2.33. The fourth-order valence-electron chi connectivity index (χ4n) is 1.81. The molecular weight excluding hydrogens is 186 g/mol. The van der Waals surface area contributed by atoms with Crippen LogP contribution in [-0.4, -0.2) is 19.8 Å². The first-order chi connectivity index (χ1) is 6.62. The van der Waals surface area contributed by atoms with E-state index in [1.54, 1.807) is 0 Å². The summed E-state index contributed by atoms with van der Waals surface area (Å²) in [4.78, 5) is 9.89. The summed E-state index contributed by atoms with van der Waals surface area (Å²) in [5, 5.41) is 24.3. The molecule has 0 bridgehead atoms. The Kier molecular flexibility index (Phi) is 1.99. The average molecular weight is 197 g/mol. The molecule has 1 aromatic heterocycles. The van der Waals surface area contributed by atoms with Gasteiger partial charge in [-0.3, -0.25) is 10.1 Å². The number of nitro groups is 1.